The van der Waals surface area contributed by atoms with Crippen molar-refractivity contribution in [2.75, 3.05) is 0 Å². The molecule has 2 rings (SSSR count). The first-order valence-corrected chi connectivity index (χ1v) is 6.63. The number of hydrogen-bond donors (Lipinski definition) is 0. The zero-order chi connectivity index (χ0) is 13.8. The summed E-state index contributed by atoms with van der Waals surface area (Å²) in [5.74, 6) is -1.10. The van der Waals surface area contributed by atoms with Crippen molar-refractivity contribution >= 4 is 27.5 Å². The van der Waals surface area contributed by atoms with Gasteiger partial charge in [0.15, 0.2) is 11.6 Å². The number of nitrogens with zero attached hydrogens (tertiary/aromatic N) is 1. The Morgan fingerprint density at radius 3 is 2.42 bits per heavy atom. The number of carbonyl (C=O) groups excluding carboxylic acids is 2. The molecule has 3 nitrogen and oxygen atoms in total. The van der Waals surface area contributed by atoms with Crippen LogP contribution in [0.5, 0.6) is 0 Å². The van der Waals surface area contributed by atoms with Gasteiger partial charge >= 0.3 is 0 Å². The molecule has 1 aromatic carbocycles. The second kappa shape index (κ2) is 5.89. The van der Waals surface area contributed by atoms with Gasteiger partial charge in [0.05, 0.1) is 5.92 Å². The predicted octanol–water partition coefficient (Wildman–Crippen LogP) is 3.55. The van der Waals surface area contributed by atoms with Crippen LogP contribution in [0.15, 0.2) is 53.3 Å². The summed E-state index contributed by atoms with van der Waals surface area (Å²) in [6.07, 6.45) is 3.07. The van der Waals surface area contributed by atoms with E-state index in [9.17, 15) is 9.59 Å². The van der Waals surface area contributed by atoms with Gasteiger partial charge < -0.3 is 0 Å². The third kappa shape index (κ3) is 3.15. The molecule has 0 saturated carbocycles. The summed E-state index contributed by atoms with van der Waals surface area (Å²) in [6.45, 7) is 1.62. The molecule has 0 saturated heterocycles. The minimum Gasteiger partial charge on any atom is -0.293 e. The van der Waals surface area contributed by atoms with E-state index >= 15 is 0 Å². The Bertz CT molecular complexity index is 611. The van der Waals surface area contributed by atoms with Gasteiger partial charge in [-0.05, 0) is 31.2 Å². The molecule has 0 radical (unpaired) electrons. The van der Waals surface area contributed by atoms with Crippen molar-refractivity contribution in [3.8, 4) is 0 Å². The van der Waals surface area contributed by atoms with E-state index in [1.807, 2.05) is 6.07 Å². The van der Waals surface area contributed by atoms with Gasteiger partial charge in [0.25, 0.3) is 0 Å². The molecule has 0 aliphatic carbocycles. The van der Waals surface area contributed by atoms with E-state index in [0.29, 0.717) is 11.1 Å². The van der Waals surface area contributed by atoms with Gasteiger partial charge in [-0.15, -0.1) is 0 Å². The highest BCUT2D eigenvalue weighted by Crippen LogP contribution is 2.17. The van der Waals surface area contributed by atoms with Crippen molar-refractivity contribution < 1.29 is 9.59 Å². The van der Waals surface area contributed by atoms with Crippen LogP contribution in [-0.4, -0.2) is 16.6 Å². The minimum absolute atomic E-state index is 0.185. The van der Waals surface area contributed by atoms with Crippen LogP contribution in [0.1, 0.15) is 27.6 Å². The SMILES string of the molecule is CC(C(=O)c1cccnc1)C(=O)c1cccc(Br)c1. The third-order valence-electron chi connectivity index (χ3n) is 2.84. The van der Waals surface area contributed by atoms with E-state index in [-0.39, 0.29) is 11.6 Å². The second-order valence-electron chi connectivity index (χ2n) is 4.20. The standard InChI is InChI=1S/C15H12BrNO2/c1-10(15(19)12-5-3-7-17-9-12)14(18)11-4-2-6-13(16)8-11/h2-10H,1H3. The molecule has 1 aromatic heterocycles. The zero-order valence-electron chi connectivity index (χ0n) is 10.3. The van der Waals surface area contributed by atoms with Crippen molar-refractivity contribution in [1.29, 1.82) is 0 Å². The Morgan fingerprint density at radius 2 is 1.79 bits per heavy atom. The molecule has 19 heavy (non-hydrogen) atoms. The molecule has 2 aromatic rings. The highest BCUT2D eigenvalue weighted by atomic mass is 79.9. The summed E-state index contributed by atoms with van der Waals surface area (Å²) in [5.41, 5.74) is 0.984. The molecule has 96 valence electrons. The molecule has 1 heterocycles. The Labute approximate surface area is 119 Å². The number of pyridine rings is 1. The lowest BCUT2D eigenvalue weighted by Gasteiger charge is -2.09. The number of hydrogen-bond acceptors (Lipinski definition) is 3. The molecule has 0 fully saturated rings. The molecule has 0 amide bonds. The van der Waals surface area contributed by atoms with Crippen LogP contribution >= 0.6 is 15.9 Å². The maximum absolute atomic E-state index is 12.2. The van der Waals surface area contributed by atoms with Gasteiger partial charge in [0.2, 0.25) is 0 Å². The van der Waals surface area contributed by atoms with Gasteiger partial charge in [-0.3, -0.25) is 14.6 Å². The van der Waals surface area contributed by atoms with Crippen molar-refractivity contribution in [2.24, 2.45) is 5.92 Å². The number of carbonyl (C=O) groups is 2. The molecule has 4 heteroatoms. The number of Topliss-reactive ketones (excluding diaryl/α,β-unsaturated/α-hetero) is 2. The molecular formula is C15H12BrNO2. The smallest absolute Gasteiger partial charge is 0.174 e. The number of aromatic nitrogens is 1. The third-order valence-corrected chi connectivity index (χ3v) is 3.34. The van der Waals surface area contributed by atoms with Gasteiger partial charge in [0.1, 0.15) is 0 Å². The van der Waals surface area contributed by atoms with E-state index in [0.717, 1.165) is 4.47 Å². The fourth-order valence-corrected chi connectivity index (χ4v) is 2.17. The monoisotopic (exact) mass is 317 g/mol. The zero-order valence-corrected chi connectivity index (χ0v) is 11.9. The van der Waals surface area contributed by atoms with Gasteiger partial charge in [-0.2, -0.15) is 0 Å². The average Bonchev–Trinajstić information content (AvgIpc) is 2.46. The lowest BCUT2D eigenvalue weighted by molar-refractivity contribution is 0.0820. The lowest BCUT2D eigenvalue weighted by Crippen LogP contribution is -2.21. The first-order valence-electron chi connectivity index (χ1n) is 5.83. The van der Waals surface area contributed by atoms with E-state index < -0.39 is 5.92 Å². The van der Waals surface area contributed by atoms with Crippen LogP contribution in [0, 0.1) is 5.92 Å². The van der Waals surface area contributed by atoms with Crippen molar-refractivity contribution in [3.05, 3.63) is 64.4 Å². The first kappa shape index (κ1) is 13.6. The summed E-state index contributed by atoms with van der Waals surface area (Å²) in [7, 11) is 0. The second-order valence-corrected chi connectivity index (χ2v) is 5.12. The molecule has 0 N–H and O–H groups in total. The summed E-state index contributed by atoms with van der Waals surface area (Å²) >= 11 is 3.31. The summed E-state index contributed by atoms with van der Waals surface area (Å²) in [6, 6.07) is 10.4. The molecule has 0 aliphatic rings. The van der Waals surface area contributed by atoms with E-state index in [2.05, 4.69) is 20.9 Å². The number of benzene rings is 1. The average molecular weight is 318 g/mol. The van der Waals surface area contributed by atoms with Crippen molar-refractivity contribution in [2.45, 2.75) is 6.92 Å². The molecule has 1 atom stereocenters. The maximum atomic E-state index is 12.2. The van der Waals surface area contributed by atoms with Gasteiger partial charge in [-0.1, -0.05) is 28.1 Å². The van der Waals surface area contributed by atoms with Crippen LogP contribution in [-0.2, 0) is 0 Å². The number of ketones is 2. The maximum Gasteiger partial charge on any atom is 0.174 e. The fourth-order valence-electron chi connectivity index (χ4n) is 1.77. The van der Waals surface area contributed by atoms with Crippen LogP contribution in [0.3, 0.4) is 0 Å². The highest BCUT2D eigenvalue weighted by Gasteiger charge is 2.24. The Kier molecular flexibility index (Phi) is 4.22. The van der Waals surface area contributed by atoms with Crippen molar-refractivity contribution in [1.82, 2.24) is 4.98 Å². The van der Waals surface area contributed by atoms with E-state index in [1.165, 1.54) is 6.20 Å². The quantitative estimate of drug-likeness (QED) is 0.640. The molecule has 0 bridgehead atoms. The van der Waals surface area contributed by atoms with Crippen LogP contribution < -0.4 is 0 Å². The Hall–Kier alpha value is -1.81. The predicted molar refractivity (Wildman–Crippen MR) is 76.2 cm³/mol. The fraction of sp³-hybridized carbons (Fsp3) is 0.133. The van der Waals surface area contributed by atoms with Crippen molar-refractivity contribution in [3.63, 3.8) is 0 Å². The van der Waals surface area contributed by atoms with E-state index in [1.54, 1.807) is 43.5 Å². The minimum atomic E-state index is -0.710. The Morgan fingerprint density at radius 1 is 1.11 bits per heavy atom. The van der Waals surface area contributed by atoms with Gasteiger partial charge in [-0.25, -0.2) is 0 Å². The topological polar surface area (TPSA) is 47.0 Å². The molecule has 0 spiro atoms. The van der Waals surface area contributed by atoms with E-state index in [4.69, 9.17) is 0 Å². The Balaban J connectivity index is 2.23. The van der Waals surface area contributed by atoms with Crippen LogP contribution in [0.2, 0.25) is 0 Å². The lowest BCUT2D eigenvalue weighted by atomic mass is 9.92. The van der Waals surface area contributed by atoms with Crippen LogP contribution in [0.4, 0.5) is 0 Å². The number of rotatable bonds is 4. The summed E-state index contributed by atoms with van der Waals surface area (Å²) < 4.78 is 0.819. The largest absolute Gasteiger partial charge is 0.293 e. The summed E-state index contributed by atoms with van der Waals surface area (Å²) in [5, 5.41) is 0. The van der Waals surface area contributed by atoms with Gasteiger partial charge in [0, 0.05) is 28.0 Å². The molecular weight excluding hydrogens is 306 g/mol. The normalized spacial score (nSPS) is 11.9. The number of halogens is 1. The first-order chi connectivity index (χ1) is 9.09. The van der Waals surface area contributed by atoms with Crippen LogP contribution in [0.25, 0.3) is 0 Å². The summed E-state index contributed by atoms with van der Waals surface area (Å²) in [4.78, 5) is 28.3. The molecule has 0 aliphatic heterocycles. The molecule has 1 unspecified atom stereocenters. The highest BCUT2D eigenvalue weighted by molar-refractivity contribution is 9.10.